The van der Waals surface area contributed by atoms with E-state index in [1.807, 2.05) is 0 Å². The summed E-state index contributed by atoms with van der Waals surface area (Å²) in [5.41, 5.74) is 4.53. The van der Waals surface area contributed by atoms with Crippen LogP contribution in [0.25, 0.3) is 0 Å². The van der Waals surface area contributed by atoms with Gasteiger partial charge in [-0.05, 0) is 12.2 Å². The maximum atomic E-state index is 9.47. The molecule has 0 heterocycles. The standard InChI is InChI=1S/C3H5NO.C3H4O2.H3N/c2*1-2-3(4)5;/h2H,1H2,(H2,4,5);2H,1H2,(H,4,5);1H3. The van der Waals surface area contributed by atoms with Gasteiger partial charge in [0.15, 0.2) is 0 Å². The Morgan fingerprint density at radius 3 is 1.45 bits per heavy atom. The molecule has 0 bridgehead atoms. The zero-order valence-electron chi connectivity index (χ0n) is 6.37. The number of carboxylic acid groups (broad SMARTS) is 1. The minimum absolute atomic E-state index is 0. The van der Waals surface area contributed by atoms with E-state index in [9.17, 15) is 4.79 Å². The van der Waals surface area contributed by atoms with E-state index < -0.39 is 11.9 Å². The Morgan fingerprint density at radius 2 is 1.45 bits per heavy atom. The molecule has 64 valence electrons. The molecule has 0 spiro atoms. The van der Waals surface area contributed by atoms with E-state index in [-0.39, 0.29) is 6.15 Å². The first-order valence-corrected chi connectivity index (χ1v) is 2.29. The van der Waals surface area contributed by atoms with E-state index in [0.717, 1.165) is 12.2 Å². The Bertz CT molecular complexity index is 136. The quantitative estimate of drug-likeness (QED) is 0.501. The number of carbonyl (C=O) groups excluding carboxylic acids is 2. The van der Waals surface area contributed by atoms with E-state index in [0.29, 0.717) is 0 Å². The molecular formula is C6H12N2O3. The molecule has 0 radical (unpaired) electrons. The zero-order valence-corrected chi connectivity index (χ0v) is 6.37. The van der Waals surface area contributed by atoms with Gasteiger partial charge in [0, 0.05) is 0 Å². The van der Waals surface area contributed by atoms with Crippen molar-refractivity contribution >= 4 is 11.9 Å². The van der Waals surface area contributed by atoms with Crippen molar-refractivity contribution in [2.75, 3.05) is 0 Å². The number of rotatable bonds is 2. The van der Waals surface area contributed by atoms with Crippen LogP contribution in [0.1, 0.15) is 0 Å². The first-order chi connectivity index (χ1) is 4.54. The van der Waals surface area contributed by atoms with E-state index in [1.54, 1.807) is 0 Å². The number of nitrogens with two attached hydrogens (primary N) is 1. The Labute approximate surface area is 64.8 Å². The fourth-order valence-electron chi connectivity index (χ4n) is 0. The summed E-state index contributed by atoms with van der Waals surface area (Å²) in [5, 5.41) is 9.14. The van der Waals surface area contributed by atoms with Gasteiger partial charge in [0.25, 0.3) is 0 Å². The molecule has 0 atom stereocenters. The first kappa shape index (κ1) is 16.2. The molecule has 0 saturated carbocycles. The number of aliphatic carboxylic acids is 1. The Hall–Kier alpha value is -1.62. The lowest BCUT2D eigenvalue weighted by molar-refractivity contribution is -0.297. The van der Waals surface area contributed by atoms with Crippen LogP contribution < -0.4 is 17.0 Å². The molecule has 0 fully saturated rings. The van der Waals surface area contributed by atoms with Crippen molar-refractivity contribution in [3.8, 4) is 0 Å². The summed E-state index contributed by atoms with van der Waals surface area (Å²) in [6.07, 6.45) is 1.78. The Balaban J connectivity index is -0.000000107. The smallest absolute Gasteiger partial charge is 0.240 e. The Kier molecular flexibility index (Phi) is 16.5. The summed E-state index contributed by atoms with van der Waals surface area (Å²) in [6, 6.07) is 0. The van der Waals surface area contributed by atoms with Crippen molar-refractivity contribution in [3.05, 3.63) is 25.3 Å². The molecule has 0 aromatic rings. The molecule has 0 aromatic carbocycles. The van der Waals surface area contributed by atoms with Crippen LogP contribution in [0.3, 0.4) is 0 Å². The third-order valence-electron chi connectivity index (χ3n) is 0.368. The van der Waals surface area contributed by atoms with Crippen molar-refractivity contribution < 1.29 is 14.7 Å². The molecule has 0 aliphatic rings. The van der Waals surface area contributed by atoms with Crippen molar-refractivity contribution in [2.24, 2.45) is 5.73 Å². The average molecular weight is 160 g/mol. The van der Waals surface area contributed by atoms with Crippen molar-refractivity contribution in [1.29, 1.82) is 0 Å². The lowest BCUT2D eigenvalue weighted by atomic mass is 10.6. The SMILES string of the molecule is C=CC(=O)[O-].C=CC(N)=O.[NH4+]. The van der Waals surface area contributed by atoms with Crippen LogP contribution in [0, 0.1) is 0 Å². The average Bonchev–Trinajstić information content (AvgIpc) is 1.89. The van der Waals surface area contributed by atoms with Gasteiger partial charge in [0.05, 0.1) is 5.97 Å². The highest BCUT2D eigenvalue weighted by atomic mass is 16.4. The molecule has 11 heavy (non-hydrogen) atoms. The Morgan fingerprint density at radius 1 is 1.27 bits per heavy atom. The number of quaternary nitrogens is 1. The second kappa shape index (κ2) is 11.2. The van der Waals surface area contributed by atoms with Crippen LogP contribution in [0.2, 0.25) is 0 Å². The first-order valence-electron chi connectivity index (χ1n) is 2.29. The second-order valence-electron chi connectivity index (χ2n) is 1.13. The van der Waals surface area contributed by atoms with Crippen LogP contribution in [-0.2, 0) is 9.59 Å². The van der Waals surface area contributed by atoms with Gasteiger partial charge in [-0.25, -0.2) is 0 Å². The third-order valence-corrected chi connectivity index (χ3v) is 0.368. The normalized spacial score (nSPS) is 5.82. The summed E-state index contributed by atoms with van der Waals surface area (Å²) < 4.78 is 0. The summed E-state index contributed by atoms with van der Waals surface area (Å²) in [6.45, 7) is 5.98. The molecule has 5 nitrogen and oxygen atoms in total. The van der Waals surface area contributed by atoms with Gasteiger partial charge in [-0.15, -0.1) is 0 Å². The molecule has 0 rings (SSSR count). The van der Waals surface area contributed by atoms with E-state index in [4.69, 9.17) is 9.90 Å². The van der Waals surface area contributed by atoms with Crippen LogP contribution in [0.5, 0.6) is 0 Å². The summed E-state index contributed by atoms with van der Waals surface area (Å²) >= 11 is 0. The third kappa shape index (κ3) is 60.2. The van der Waals surface area contributed by atoms with E-state index in [1.165, 1.54) is 0 Å². The summed E-state index contributed by atoms with van der Waals surface area (Å²) in [7, 11) is 0. The van der Waals surface area contributed by atoms with Gasteiger partial charge < -0.3 is 21.8 Å². The minimum Gasteiger partial charge on any atom is -0.545 e. The van der Waals surface area contributed by atoms with Gasteiger partial charge in [0.2, 0.25) is 5.91 Å². The summed E-state index contributed by atoms with van der Waals surface area (Å²) in [5.74, 6) is -1.71. The number of hydrogen-bond acceptors (Lipinski definition) is 3. The minimum atomic E-state index is -1.23. The van der Waals surface area contributed by atoms with Gasteiger partial charge in [0.1, 0.15) is 0 Å². The topological polar surface area (TPSA) is 120 Å². The van der Waals surface area contributed by atoms with Gasteiger partial charge in [-0.2, -0.15) is 0 Å². The van der Waals surface area contributed by atoms with Crippen molar-refractivity contribution in [2.45, 2.75) is 0 Å². The molecule has 0 aromatic heterocycles. The predicted octanol–water partition coefficient (Wildman–Crippen LogP) is -1.04. The molecule has 5 heteroatoms. The lowest BCUT2D eigenvalue weighted by Gasteiger charge is -1.81. The highest BCUT2D eigenvalue weighted by Gasteiger charge is 1.69. The second-order valence-corrected chi connectivity index (χ2v) is 1.13. The highest BCUT2D eigenvalue weighted by molar-refractivity contribution is 5.84. The number of primary amides is 1. The number of carbonyl (C=O) groups is 2. The van der Waals surface area contributed by atoms with Gasteiger partial charge in [-0.3, -0.25) is 4.79 Å². The number of hydrogen-bond donors (Lipinski definition) is 2. The van der Waals surface area contributed by atoms with Crippen molar-refractivity contribution in [1.82, 2.24) is 6.15 Å². The predicted molar refractivity (Wildman–Crippen MR) is 40.6 cm³/mol. The fraction of sp³-hybridized carbons (Fsp3) is 0. The monoisotopic (exact) mass is 160 g/mol. The van der Waals surface area contributed by atoms with Crippen LogP contribution in [0.4, 0.5) is 0 Å². The molecular weight excluding hydrogens is 148 g/mol. The fourth-order valence-corrected chi connectivity index (χ4v) is 0. The molecule has 0 aliphatic carbocycles. The van der Waals surface area contributed by atoms with E-state index in [2.05, 4.69) is 18.9 Å². The lowest BCUT2D eigenvalue weighted by Crippen LogP contribution is -2.17. The van der Waals surface area contributed by atoms with Crippen LogP contribution in [-0.4, -0.2) is 11.9 Å². The molecule has 0 saturated heterocycles. The van der Waals surface area contributed by atoms with Crippen LogP contribution in [0.15, 0.2) is 25.3 Å². The maximum absolute atomic E-state index is 9.47. The number of amides is 1. The van der Waals surface area contributed by atoms with Crippen molar-refractivity contribution in [3.63, 3.8) is 0 Å². The van der Waals surface area contributed by atoms with Gasteiger partial charge in [-0.1, -0.05) is 13.2 Å². The summed E-state index contributed by atoms with van der Waals surface area (Å²) in [4.78, 5) is 18.6. The molecule has 1 amide bonds. The zero-order chi connectivity index (χ0) is 8.57. The molecule has 6 N–H and O–H groups in total. The number of carboxylic acids is 1. The van der Waals surface area contributed by atoms with Crippen LogP contribution >= 0.6 is 0 Å². The largest absolute Gasteiger partial charge is 0.545 e. The maximum Gasteiger partial charge on any atom is 0.240 e. The van der Waals surface area contributed by atoms with E-state index >= 15 is 0 Å². The van der Waals surface area contributed by atoms with Gasteiger partial charge >= 0.3 is 0 Å². The molecule has 0 aliphatic heterocycles. The molecule has 0 unspecified atom stereocenters. The highest BCUT2D eigenvalue weighted by Crippen LogP contribution is 1.48.